The van der Waals surface area contributed by atoms with Crippen molar-refractivity contribution in [2.45, 2.75) is 59.4 Å². The molecule has 0 saturated heterocycles. The molecule has 5 nitrogen and oxygen atoms in total. The van der Waals surface area contributed by atoms with Gasteiger partial charge in [0, 0.05) is 6.54 Å². The van der Waals surface area contributed by atoms with Crippen molar-refractivity contribution in [3.8, 4) is 0 Å². The quantitative estimate of drug-likeness (QED) is 0.601. The fourth-order valence-corrected chi connectivity index (χ4v) is 1.80. The standard InChI is InChI=1S/C14H29N3O2/c1-5-8-9-12(6-2)10-16-11(4)13(18)17-14(19)15-7-3/h11-12,16H,5-10H2,1-4H3,(H2,15,17,18,19). The molecule has 0 rings (SSSR count). The first-order valence-electron chi connectivity index (χ1n) is 7.37. The van der Waals surface area contributed by atoms with Crippen LogP contribution in [-0.2, 0) is 4.79 Å². The monoisotopic (exact) mass is 271 g/mol. The molecule has 2 unspecified atom stereocenters. The molecule has 0 aliphatic rings. The Morgan fingerprint density at radius 2 is 1.84 bits per heavy atom. The molecule has 3 N–H and O–H groups in total. The summed E-state index contributed by atoms with van der Waals surface area (Å²) in [5.41, 5.74) is 0. The van der Waals surface area contributed by atoms with Crippen molar-refractivity contribution in [3.63, 3.8) is 0 Å². The van der Waals surface area contributed by atoms with Crippen LogP contribution in [0.2, 0.25) is 0 Å². The summed E-state index contributed by atoms with van der Waals surface area (Å²) < 4.78 is 0. The van der Waals surface area contributed by atoms with Crippen molar-refractivity contribution in [2.24, 2.45) is 5.92 Å². The van der Waals surface area contributed by atoms with E-state index in [-0.39, 0.29) is 11.9 Å². The molecule has 3 amide bonds. The Morgan fingerprint density at radius 3 is 2.37 bits per heavy atom. The Morgan fingerprint density at radius 1 is 1.16 bits per heavy atom. The van der Waals surface area contributed by atoms with Gasteiger partial charge in [-0.3, -0.25) is 10.1 Å². The smallest absolute Gasteiger partial charge is 0.321 e. The van der Waals surface area contributed by atoms with Crippen LogP contribution in [0, 0.1) is 5.92 Å². The van der Waals surface area contributed by atoms with Crippen molar-refractivity contribution in [1.82, 2.24) is 16.0 Å². The molecule has 0 aromatic rings. The molecule has 2 atom stereocenters. The molecule has 0 aliphatic carbocycles. The van der Waals surface area contributed by atoms with Crippen LogP contribution in [0.1, 0.15) is 53.4 Å². The zero-order valence-electron chi connectivity index (χ0n) is 12.7. The number of hydrogen-bond acceptors (Lipinski definition) is 3. The molecule has 5 heteroatoms. The lowest BCUT2D eigenvalue weighted by Gasteiger charge is -2.19. The third-order valence-corrected chi connectivity index (χ3v) is 3.22. The molecule has 112 valence electrons. The van der Waals surface area contributed by atoms with Gasteiger partial charge in [-0.2, -0.15) is 0 Å². The summed E-state index contributed by atoms with van der Waals surface area (Å²) in [6.07, 6.45) is 4.71. The molecule has 0 aliphatic heterocycles. The molecule has 0 heterocycles. The van der Waals surface area contributed by atoms with Crippen LogP contribution in [0.4, 0.5) is 4.79 Å². The number of imide groups is 1. The second-order valence-electron chi connectivity index (χ2n) is 4.90. The van der Waals surface area contributed by atoms with Gasteiger partial charge >= 0.3 is 6.03 Å². The first-order valence-corrected chi connectivity index (χ1v) is 7.37. The Balaban J connectivity index is 3.97. The van der Waals surface area contributed by atoms with E-state index in [0.717, 1.165) is 13.0 Å². The van der Waals surface area contributed by atoms with Crippen LogP contribution in [0.15, 0.2) is 0 Å². The molecule has 0 aromatic heterocycles. The Kier molecular flexibility index (Phi) is 10.2. The van der Waals surface area contributed by atoms with E-state index in [4.69, 9.17) is 0 Å². The van der Waals surface area contributed by atoms with Gasteiger partial charge in [0.1, 0.15) is 0 Å². The fourth-order valence-electron chi connectivity index (χ4n) is 1.80. The summed E-state index contributed by atoms with van der Waals surface area (Å²) in [6.45, 7) is 9.27. The van der Waals surface area contributed by atoms with Gasteiger partial charge in [0.25, 0.3) is 0 Å². The highest BCUT2D eigenvalue weighted by atomic mass is 16.2. The average molecular weight is 271 g/mol. The maximum Gasteiger partial charge on any atom is 0.321 e. The van der Waals surface area contributed by atoms with E-state index in [0.29, 0.717) is 12.5 Å². The first-order chi connectivity index (χ1) is 9.04. The van der Waals surface area contributed by atoms with Crippen LogP contribution in [0.3, 0.4) is 0 Å². The highest BCUT2D eigenvalue weighted by molar-refractivity contribution is 5.96. The summed E-state index contributed by atoms with van der Waals surface area (Å²) >= 11 is 0. The third kappa shape index (κ3) is 8.59. The van der Waals surface area contributed by atoms with E-state index >= 15 is 0 Å². The Hall–Kier alpha value is -1.10. The van der Waals surface area contributed by atoms with E-state index in [1.165, 1.54) is 19.3 Å². The second-order valence-corrected chi connectivity index (χ2v) is 4.90. The molecule has 0 aromatic carbocycles. The molecular formula is C14H29N3O2. The van der Waals surface area contributed by atoms with Crippen LogP contribution < -0.4 is 16.0 Å². The molecule has 0 spiro atoms. The number of hydrogen-bond donors (Lipinski definition) is 3. The lowest BCUT2D eigenvalue weighted by molar-refractivity contribution is -0.121. The van der Waals surface area contributed by atoms with E-state index < -0.39 is 6.03 Å². The minimum atomic E-state index is -0.431. The zero-order chi connectivity index (χ0) is 14.7. The predicted octanol–water partition coefficient (Wildman–Crippen LogP) is 2.03. The van der Waals surface area contributed by atoms with Gasteiger partial charge in [0.2, 0.25) is 5.91 Å². The van der Waals surface area contributed by atoms with Gasteiger partial charge < -0.3 is 10.6 Å². The maximum atomic E-state index is 11.7. The van der Waals surface area contributed by atoms with Crippen molar-refractivity contribution >= 4 is 11.9 Å². The number of urea groups is 1. The maximum absolute atomic E-state index is 11.7. The van der Waals surface area contributed by atoms with Crippen molar-refractivity contribution in [3.05, 3.63) is 0 Å². The normalized spacial score (nSPS) is 13.7. The summed E-state index contributed by atoms with van der Waals surface area (Å²) in [7, 11) is 0. The summed E-state index contributed by atoms with van der Waals surface area (Å²) in [5, 5.41) is 8.05. The van der Waals surface area contributed by atoms with Gasteiger partial charge in [-0.05, 0) is 32.7 Å². The lowest BCUT2D eigenvalue weighted by Crippen LogP contribution is -2.48. The molecule has 0 fully saturated rings. The fraction of sp³-hybridized carbons (Fsp3) is 0.857. The average Bonchev–Trinajstić information content (AvgIpc) is 2.38. The largest absolute Gasteiger partial charge is 0.338 e. The number of carbonyl (C=O) groups excluding carboxylic acids is 2. The predicted molar refractivity (Wildman–Crippen MR) is 78.0 cm³/mol. The minimum absolute atomic E-state index is 0.281. The summed E-state index contributed by atoms with van der Waals surface area (Å²) in [6, 6.07) is -0.780. The minimum Gasteiger partial charge on any atom is -0.338 e. The van der Waals surface area contributed by atoms with Crippen molar-refractivity contribution in [2.75, 3.05) is 13.1 Å². The number of amides is 3. The third-order valence-electron chi connectivity index (χ3n) is 3.22. The van der Waals surface area contributed by atoms with Crippen LogP contribution in [0.5, 0.6) is 0 Å². The second kappa shape index (κ2) is 10.8. The van der Waals surface area contributed by atoms with E-state index in [2.05, 4.69) is 29.8 Å². The van der Waals surface area contributed by atoms with E-state index in [1.54, 1.807) is 6.92 Å². The van der Waals surface area contributed by atoms with E-state index in [1.807, 2.05) is 6.92 Å². The SMILES string of the molecule is CCCCC(CC)CNC(C)C(=O)NC(=O)NCC. The Labute approximate surface area is 116 Å². The van der Waals surface area contributed by atoms with Crippen LogP contribution >= 0.6 is 0 Å². The molecule has 0 bridgehead atoms. The molecule has 0 saturated carbocycles. The Bertz CT molecular complexity index is 269. The van der Waals surface area contributed by atoms with Crippen LogP contribution in [0.25, 0.3) is 0 Å². The number of nitrogens with one attached hydrogen (secondary N) is 3. The lowest BCUT2D eigenvalue weighted by atomic mass is 9.99. The number of unbranched alkanes of at least 4 members (excludes halogenated alkanes) is 1. The highest BCUT2D eigenvalue weighted by Gasteiger charge is 2.16. The van der Waals surface area contributed by atoms with Crippen molar-refractivity contribution in [1.29, 1.82) is 0 Å². The molecule has 0 radical (unpaired) electrons. The first kappa shape index (κ1) is 17.9. The van der Waals surface area contributed by atoms with Crippen LogP contribution in [-0.4, -0.2) is 31.1 Å². The van der Waals surface area contributed by atoms with Crippen molar-refractivity contribution < 1.29 is 9.59 Å². The number of carbonyl (C=O) groups is 2. The van der Waals surface area contributed by atoms with Gasteiger partial charge in [-0.1, -0.05) is 33.1 Å². The van der Waals surface area contributed by atoms with Gasteiger partial charge in [-0.25, -0.2) is 4.79 Å². The molecule has 19 heavy (non-hydrogen) atoms. The van der Waals surface area contributed by atoms with Gasteiger partial charge in [0.05, 0.1) is 6.04 Å². The number of rotatable bonds is 9. The summed E-state index contributed by atoms with van der Waals surface area (Å²) in [4.78, 5) is 22.9. The van der Waals surface area contributed by atoms with Gasteiger partial charge in [0.15, 0.2) is 0 Å². The van der Waals surface area contributed by atoms with E-state index in [9.17, 15) is 9.59 Å². The van der Waals surface area contributed by atoms with Gasteiger partial charge in [-0.15, -0.1) is 0 Å². The molecular weight excluding hydrogens is 242 g/mol. The topological polar surface area (TPSA) is 70.2 Å². The zero-order valence-corrected chi connectivity index (χ0v) is 12.7. The summed E-state index contributed by atoms with van der Waals surface area (Å²) in [5.74, 6) is 0.316. The highest BCUT2D eigenvalue weighted by Crippen LogP contribution is 2.11.